The van der Waals surface area contributed by atoms with Gasteiger partial charge in [0.05, 0.1) is 10.7 Å². The van der Waals surface area contributed by atoms with E-state index in [0.717, 1.165) is 29.5 Å². The van der Waals surface area contributed by atoms with Crippen molar-refractivity contribution in [1.82, 2.24) is 4.98 Å². The van der Waals surface area contributed by atoms with E-state index in [4.69, 9.17) is 5.11 Å². The van der Waals surface area contributed by atoms with E-state index in [1.807, 2.05) is 0 Å². The van der Waals surface area contributed by atoms with Crippen LogP contribution in [0.25, 0.3) is 0 Å². The number of hydrogen-bond donors (Lipinski definition) is 1. The number of carboxylic acids is 1. The van der Waals surface area contributed by atoms with Crippen molar-refractivity contribution >= 4 is 17.3 Å². The average molecular weight is 283 g/mol. The normalized spacial score (nSPS) is 10.7. The molecule has 0 saturated heterocycles. The Balaban J connectivity index is 2.33. The molecule has 0 aliphatic carbocycles. The number of benzene rings is 1. The summed E-state index contributed by atoms with van der Waals surface area (Å²) >= 11 is 1.00. The van der Waals surface area contributed by atoms with E-state index in [-0.39, 0.29) is 16.9 Å². The first-order valence-corrected chi connectivity index (χ1v) is 6.48. The third-order valence-corrected chi connectivity index (χ3v) is 3.71. The van der Waals surface area contributed by atoms with Crippen LogP contribution in [0.15, 0.2) is 18.2 Å². The van der Waals surface area contributed by atoms with Crippen LogP contribution in [-0.4, -0.2) is 16.1 Å². The molecule has 0 radical (unpaired) electrons. The number of rotatable bonds is 4. The van der Waals surface area contributed by atoms with Gasteiger partial charge in [0.1, 0.15) is 16.5 Å². The van der Waals surface area contributed by atoms with Gasteiger partial charge in [-0.25, -0.2) is 18.6 Å². The summed E-state index contributed by atoms with van der Waals surface area (Å²) in [6.07, 6.45) is 0.582. The molecule has 6 heteroatoms. The van der Waals surface area contributed by atoms with Crippen LogP contribution in [0.2, 0.25) is 0 Å². The Morgan fingerprint density at radius 1 is 1.42 bits per heavy atom. The van der Waals surface area contributed by atoms with Gasteiger partial charge in [-0.3, -0.25) is 0 Å². The summed E-state index contributed by atoms with van der Waals surface area (Å²) in [5, 5.41) is 9.48. The van der Waals surface area contributed by atoms with Gasteiger partial charge in [0.2, 0.25) is 0 Å². The third-order valence-electron chi connectivity index (χ3n) is 2.62. The van der Waals surface area contributed by atoms with Gasteiger partial charge in [-0.05, 0) is 30.2 Å². The van der Waals surface area contributed by atoms with E-state index in [9.17, 15) is 13.6 Å². The van der Waals surface area contributed by atoms with Crippen molar-refractivity contribution < 1.29 is 18.7 Å². The zero-order valence-electron chi connectivity index (χ0n) is 10.1. The van der Waals surface area contributed by atoms with E-state index in [1.54, 1.807) is 6.92 Å². The van der Waals surface area contributed by atoms with E-state index < -0.39 is 17.6 Å². The second-order valence-electron chi connectivity index (χ2n) is 3.95. The van der Waals surface area contributed by atoms with Crippen LogP contribution in [0, 0.1) is 11.6 Å². The first-order chi connectivity index (χ1) is 9.01. The molecule has 1 aromatic carbocycles. The number of aromatic nitrogens is 1. The number of thiazole rings is 1. The second kappa shape index (κ2) is 5.44. The Labute approximate surface area is 112 Å². The van der Waals surface area contributed by atoms with Crippen LogP contribution < -0.4 is 0 Å². The van der Waals surface area contributed by atoms with Gasteiger partial charge >= 0.3 is 5.97 Å². The molecule has 1 heterocycles. The number of carboxylic acid groups (broad SMARTS) is 1. The summed E-state index contributed by atoms with van der Waals surface area (Å²) in [7, 11) is 0. The van der Waals surface area contributed by atoms with Gasteiger partial charge in [0, 0.05) is 6.42 Å². The van der Waals surface area contributed by atoms with Crippen LogP contribution in [0.1, 0.15) is 32.9 Å². The van der Waals surface area contributed by atoms with Gasteiger partial charge in [0.25, 0.3) is 0 Å². The molecule has 0 amide bonds. The van der Waals surface area contributed by atoms with Crippen molar-refractivity contribution in [2.24, 2.45) is 0 Å². The third kappa shape index (κ3) is 2.96. The molecule has 1 N–H and O–H groups in total. The largest absolute Gasteiger partial charge is 0.477 e. The number of aryl methyl sites for hydroxylation is 1. The lowest BCUT2D eigenvalue weighted by Gasteiger charge is -2.00. The maximum atomic E-state index is 13.5. The number of nitrogens with zero attached hydrogens (tertiary/aromatic N) is 1. The number of carbonyl (C=O) groups is 1. The smallest absolute Gasteiger partial charge is 0.347 e. The van der Waals surface area contributed by atoms with Gasteiger partial charge in [-0.15, -0.1) is 11.3 Å². The molecule has 0 fully saturated rings. The molecule has 0 unspecified atom stereocenters. The maximum Gasteiger partial charge on any atom is 0.347 e. The summed E-state index contributed by atoms with van der Waals surface area (Å²) < 4.78 is 26.5. The maximum absolute atomic E-state index is 13.5. The highest BCUT2D eigenvalue weighted by molar-refractivity contribution is 7.13. The van der Waals surface area contributed by atoms with E-state index in [0.29, 0.717) is 17.1 Å². The van der Waals surface area contributed by atoms with Crippen LogP contribution in [0.5, 0.6) is 0 Å². The topological polar surface area (TPSA) is 50.2 Å². The second-order valence-corrected chi connectivity index (χ2v) is 5.04. The van der Waals surface area contributed by atoms with Crippen molar-refractivity contribution in [1.29, 1.82) is 0 Å². The summed E-state index contributed by atoms with van der Waals surface area (Å²) in [5.41, 5.74) is 0.651. The van der Waals surface area contributed by atoms with E-state index in [2.05, 4.69) is 4.98 Å². The minimum atomic E-state index is -1.04. The molecule has 0 atom stereocenters. The van der Waals surface area contributed by atoms with Crippen molar-refractivity contribution in [2.45, 2.75) is 19.8 Å². The minimum absolute atomic E-state index is 0.0918. The summed E-state index contributed by atoms with van der Waals surface area (Å²) in [6, 6.07) is 3.20. The predicted octanol–water partition coefficient (Wildman–Crippen LogP) is 3.27. The lowest BCUT2D eigenvalue weighted by atomic mass is 10.1. The molecule has 1 aromatic heterocycles. The van der Waals surface area contributed by atoms with Crippen molar-refractivity contribution in [3.63, 3.8) is 0 Å². The Bertz CT molecular complexity index is 625. The molecule has 0 saturated carbocycles. The van der Waals surface area contributed by atoms with Crippen molar-refractivity contribution in [2.75, 3.05) is 0 Å². The Hall–Kier alpha value is -1.82. The van der Waals surface area contributed by atoms with Crippen LogP contribution in [0.4, 0.5) is 8.78 Å². The molecule has 19 heavy (non-hydrogen) atoms. The quantitative estimate of drug-likeness (QED) is 0.936. The van der Waals surface area contributed by atoms with E-state index in [1.165, 1.54) is 0 Å². The van der Waals surface area contributed by atoms with E-state index >= 15 is 0 Å². The molecule has 0 aliphatic rings. The zero-order chi connectivity index (χ0) is 14.0. The number of aromatic carboxylic acids is 1. The Kier molecular flexibility index (Phi) is 3.90. The lowest BCUT2D eigenvalue weighted by molar-refractivity contribution is 0.0701. The predicted molar refractivity (Wildman–Crippen MR) is 67.6 cm³/mol. The molecule has 0 aliphatic heterocycles. The molecule has 0 spiro atoms. The lowest BCUT2D eigenvalue weighted by Crippen LogP contribution is -1.97. The standard InChI is InChI=1S/C13H11F2NO2S/c1-2-10-12(13(17)18)19-11(16-10)6-7-5-8(14)3-4-9(7)15/h3-5H,2,6H2,1H3,(H,17,18). The summed E-state index contributed by atoms with van der Waals surface area (Å²) in [4.78, 5) is 15.3. The van der Waals surface area contributed by atoms with Gasteiger partial charge < -0.3 is 5.11 Å². The molecular formula is C13H11F2NO2S. The van der Waals surface area contributed by atoms with Crippen molar-refractivity contribution in [3.05, 3.63) is 51.0 Å². The van der Waals surface area contributed by atoms with Gasteiger partial charge in [-0.2, -0.15) is 0 Å². The fraction of sp³-hybridized carbons (Fsp3) is 0.231. The highest BCUT2D eigenvalue weighted by Crippen LogP contribution is 2.23. The van der Waals surface area contributed by atoms with Crippen LogP contribution >= 0.6 is 11.3 Å². The molecule has 2 rings (SSSR count). The zero-order valence-corrected chi connectivity index (χ0v) is 10.9. The fourth-order valence-corrected chi connectivity index (χ4v) is 2.74. The highest BCUT2D eigenvalue weighted by atomic mass is 32.1. The highest BCUT2D eigenvalue weighted by Gasteiger charge is 2.17. The van der Waals surface area contributed by atoms with Gasteiger partial charge in [-0.1, -0.05) is 6.92 Å². The average Bonchev–Trinajstić information content (AvgIpc) is 2.77. The first kappa shape index (κ1) is 13.6. The summed E-state index contributed by atoms with van der Waals surface area (Å²) in [5.74, 6) is -2.09. The van der Waals surface area contributed by atoms with Crippen LogP contribution in [0.3, 0.4) is 0 Å². The molecule has 2 aromatic rings. The first-order valence-electron chi connectivity index (χ1n) is 5.67. The molecule has 3 nitrogen and oxygen atoms in total. The SMILES string of the molecule is CCc1nc(Cc2cc(F)ccc2F)sc1C(=O)O. The fourth-order valence-electron chi connectivity index (χ4n) is 1.72. The van der Waals surface area contributed by atoms with Crippen LogP contribution in [-0.2, 0) is 12.8 Å². The Morgan fingerprint density at radius 2 is 2.16 bits per heavy atom. The molecular weight excluding hydrogens is 272 g/mol. The molecule has 100 valence electrons. The number of halogens is 2. The monoisotopic (exact) mass is 283 g/mol. The minimum Gasteiger partial charge on any atom is -0.477 e. The summed E-state index contributed by atoms with van der Waals surface area (Å²) in [6.45, 7) is 1.80. The molecule has 0 bridgehead atoms. The van der Waals surface area contributed by atoms with Crippen molar-refractivity contribution in [3.8, 4) is 0 Å². The number of hydrogen-bond acceptors (Lipinski definition) is 3. The Morgan fingerprint density at radius 3 is 2.74 bits per heavy atom. The van der Waals surface area contributed by atoms with Gasteiger partial charge in [0.15, 0.2) is 0 Å².